The first-order valence-corrected chi connectivity index (χ1v) is 7.78. The van der Waals surface area contributed by atoms with E-state index in [-0.39, 0.29) is 11.3 Å². The van der Waals surface area contributed by atoms with E-state index in [9.17, 15) is 14.4 Å². The number of carbonyl (C=O) groups is 3. The first-order chi connectivity index (χ1) is 11.8. The number of aryl methyl sites for hydroxylation is 1. The molecule has 0 aliphatic rings. The maximum Gasteiger partial charge on any atom is 0.341 e. The van der Waals surface area contributed by atoms with Crippen LogP contribution in [0, 0.1) is 6.92 Å². The first-order valence-electron chi connectivity index (χ1n) is 7.78. The minimum Gasteiger partial charge on any atom is -0.449 e. The van der Waals surface area contributed by atoms with Gasteiger partial charge in [-0.25, -0.2) is 4.79 Å². The monoisotopic (exact) mass is 340 g/mol. The van der Waals surface area contributed by atoms with E-state index in [1.54, 1.807) is 49.4 Å². The lowest BCUT2D eigenvalue weighted by Gasteiger charge is -2.16. The Hall–Kier alpha value is -3.15. The molecule has 130 valence electrons. The topological polar surface area (TPSA) is 98.5 Å². The van der Waals surface area contributed by atoms with Crippen LogP contribution in [0.5, 0.6) is 0 Å². The van der Waals surface area contributed by atoms with Gasteiger partial charge >= 0.3 is 5.97 Å². The van der Waals surface area contributed by atoms with Crippen molar-refractivity contribution in [3.63, 3.8) is 0 Å². The number of benzene rings is 2. The van der Waals surface area contributed by atoms with Crippen molar-refractivity contribution in [2.24, 2.45) is 0 Å². The molecule has 0 aromatic heterocycles. The molecule has 6 nitrogen and oxygen atoms in total. The zero-order valence-corrected chi connectivity index (χ0v) is 14.3. The van der Waals surface area contributed by atoms with E-state index in [1.165, 1.54) is 13.8 Å². The van der Waals surface area contributed by atoms with Crippen molar-refractivity contribution in [3.8, 4) is 0 Å². The molecule has 0 aliphatic carbocycles. The molecule has 2 aromatic rings. The number of esters is 1. The molecule has 0 aliphatic heterocycles. The highest BCUT2D eigenvalue weighted by atomic mass is 16.5. The predicted octanol–water partition coefficient (Wildman–Crippen LogP) is 2.96. The third-order valence-electron chi connectivity index (χ3n) is 3.76. The molecule has 0 saturated carbocycles. The molecule has 0 saturated heterocycles. The van der Waals surface area contributed by atoms with Gasteiger partial charge in [-0.05, 0) is 44.5 Å². The molecular formula is C19H20N2O4. The number of anilines is 2. The van der Waals surface area contributed by atoms with Gasteiger partial charge in [-0.2, -0.15) is 0 Å². The minimum atomic E-state index is -1.05. The van der Waals surface area contributed by atoms with E-state index in [0.717, 1.165) is 5.56 Å². The summed E-state index contributed by atoms with van der Waals surface area (Å²) in [5.41, 5.74) is 7.92. The van der Waals surface area contributed by atoms with Crippen LogP contribution in [0.4, 0.5) is 11.4 Å². The van der Waals surface area contributed by atoms with Gasteiger partial charge in [0.15, 0.2) is 11.9 Å². The van der Waals surface area contributed by atoms with Gasteiger partial charge in [-0.1, -0.05) is 24.3 Å². The van der Waals surface area contributed by atoms with Gasteiger partial charge in [-0.3, -0.25) is 9.59 Å². The number of para-hydroxylation sites is 2. The van der Waals surface area contributed by atoms with Crippen molar-refractivity contribution in [3.05, 3.63) is 59.2 Å². The Morgan fingerprint density at radius 3 is 2.36 bits per heavy atom. The third kappa shape index (κ3) is 4.23. The number of ketones is 1. The van der Waals surface area contributed by atoms with Gasteiger partial charge in [-0.15, -0.1) is 0 Å². The zero-order valence-electron chi connectivity index (χ0n) is 14.3. The van der Waals surface area contributed by atoms with Gasteiger partial charge in [0, 0.05) is 11.3 Å². The van der Waals surface area contributed by atoms with Crippen molar-refractivity contribution < 1.29 is 19.1 Å². The number of Topliss-reactive ketones (excluding diaryl/α,β-unsaturated/α-hetero) is 1. The van der Waals surface area contributed by atoms with Crippen molar-refractivity contribution in [1.82, 2.24) is 0 Å². The Labute approximate surface area is 146 Å². The van der Waals surface area contributed by atoms with Crippen LogP contribution in [0.25, 0.3) is 0 Å². The Kier molecular flexibility index (Phi) is 5.54. The van der Waals surface area contributed by atoms with Crippen molar-refractivity contribution in [2.45, 2.75) is 26.9 Å². The number of carbonyl (C=O) groups excluding carboxylic acids is 3. The van der Waals surface area contributed by atoms with E-state index in [0.29, 0.717) is 16.9 Å². The second-order valence-corrected chi connectivity index (χ2v) is 5.67. The van der Waals surface area contributed by atoms with E-state index < -0.39 is 18.0 Å². The lowest BCUT2D eigenvalue weighted by atomic mass is 10.1. The summed E-state index contributed by atoms with van der Waals surface area (Å²) in [5, 5.41) is 2.61. The van der Waals surface area contributed by atoms with Crippen LogP contribution in [0.1, 0.15) is 40.1 Å². The van der Waals surface area contributed by atoms with Crippen LogP contribution in [0.15, 0.2) is 42.5 Å². The molecule has 0 spiro atoms. The zero-order chi connectivity index (χ0) is 18.6. The quantitative estimate of drug-likeness (QED) is 0.495. The summed E-state index contributed by atoms with van der Waals surface area (Å²) >= 11 is 0. The van der Waals surface area contributed by atoms with Gasteiger partial charge in [0.05, 0.1) is 11.3 Å². The minimum absolute atomic E-state index is 0.173. The number of amides is 1. The molecule has 1 amide bonds. The highest BCUT2D eigenvalue weighted by molar-refractivity contribution is 6.05. The normalized spacial score (nSPS) is 11.5. The molecule has 1 atom stereocenters. The van der Waals surface area contributed by atoms with Crippen LogP contribution < -0.4 is 11.1 Å². The third-order valence-corrected chi connectivity index (χ3v) is 3.76. The molecule has 2 rings (SSSR count). The molecule has 0 unspecified atom stereocenters. The average molecular weight is 340 g/mol. The molecule has 25 heavy (non-hydrogen) atoms. The largest absolute Gasteiger partial charge is 0.449 e. The smallest absolute Gasteiger partial charge is 0.341 e. The number of hydrogen-bond acceptors (Lipinski definition) is 5. The van der Waals surface area contributed by atoms with Crippen molar-refractivity contribution >= 4 is 29.0 Å². The van der Waals surface area contributed by atoms with Crippen LogP contribution in [-0.4, -0.2) is 23.8 Å². The van der Waals surface area contributed by atoms with Crippen LogP contribution in [-0.2, 0) is 9.53 Å². The van der Waals surface area contributed by atoms with E-state index in [4.69, 9.17) is 10.5 Å². The maximum atomic E-state index is 12.3. The fraction of sp³-hybridized carbons (Fsp3) is 0.211. The van der Waals surface area contributed by atoms with Crippen LogP contribution in [0.2, 0.25) is 0 Å². The Morgan fingerprint density at radius 1 is 1.04 bits per heavy atom. The Balaban J connectivity index is 2.09. The van der Waals surface area contributed by atoms with Crippen molar-refractivity contribution in [1.29, 1.82) is 0 Å². The molecule has 0 heterocycles. The van der Waals surface area contributed by atoms with Gasteiger partial charge in [0.2, 0.25) is 0 Å². The van der Waals surface area contributed by atoms with E-state index in [2.05, 4.69) is 5.32 Å². The summed E-state index contributed by atoms with van der Waals surface area (Å²) in [6.07, 6.45) is -1.05. The summed E-state index contributed by atoms with van der Waals surface area (Å²) in [7, 11) is 0. The SMILES string of the molecule is CC(=O)c1ccccc1NC(=O)[C@H](C)OC(=O)c1cccc(C)c1N. The molecular weight excluding hydrogens is 320 g/mol. The molecule has 0 bridgehead atoms. The molecule has 6 heteroatoms. The van der Waals surface area contributed by atoms with Crippen LogP contribution in [0.3, 0.4) is 0 Å². The fourth-order valence-corrected chi connectivity index (χ4v) is 2.27. The highest BCUT2D eigenvalue weighted by Crippen LogP contribution is 2.19. The van der Waals surface area contributed by atoms with Crippen LogP contribution >= 0.6 is 0 Å². The van der Waals surface area contributed by atoms with Gasteiger partial charge in [0.25, 0.3) is 5.91 Å². The van der Waals surface area contributed by atoms with E-state index in [1.807, 2.05) is 0 Å². The number of nitrogen functional groups attached to an aromatic ring is 1. The second-order valence-electron chi connectivity index (χ2n) is 5.67. The summed E-state index contributed by atoms with van der Waals surface area (Å²) in [6.45, 7) is 4.64. The molecule has 2 aromatic carbocycles. The standard InChI is InChI=1S/C19H20N2O4/c1-11-7-6-9-15(17(11)20)19(24)25-13(3)18(23)21-16-10-5-4-8-14(16)12(2)22/h4-10,13H,20H2,1-3H3,(H,21,23)/t13-/m0/s1. The van der Waals surface area contributed by atoms with Gasteiger partial charge in [0.1, 0.15) is 0 Å². The summed E-state index contributed by atoms with van der Waals surface area (Å²) in [6, 6.07) is 11.6. The number of nitrogens with one attached hydrogen (secondary N) is 1. The lowest BCUT2D eigenvalue weighted by molar-refractivity contribution is -0.123. The number of nitrogens with two attached hydrogens (primary N) is 1. The Bertz CT molecular complexity index is 830. The molecule has 0 fully saturated rings. The molecule has 3 N–H and O–H groups in total. The van der Waals surface area contributed by atoms with Crippen molar-refractivity contribution in [2.75, 3.05) is 11.1 Å². The summed E-state index contributed by atoms with van der Waals surface area (Å²) < 4.78 is 5.19. The Morgan fingerprint density at radius 2 is 1.68 bits per heavy atom. The van der Waals surface area contributed by atoms with E-state index >= 15 is 0 Å². The fourth-order valence-electron chi connectivity index (χ4n) is 2.27. The maximum absolute atomic E-state index is 12.3. The highest BCUT2D eigenvalue weighted by Gasteiger charge is 2.21. The number of ether oxygens (including phenoxy) is 1. The predicted molar refractivity (Wildman–Crippen MR) is 95.5 cm³/mol. The number of hydrogen-bond donors (Lipinski definition) is 2. The lowest BCUT2D eigenvalue weighted by Crippen LogP contribution is -2.30. The molecule has 0 radical (unpaired) electrons. The average Bonchev–Trinajstić information content (AvgIpc) is 2.57. The first kappa shape index (κ1) is 18.2. The van der Waals surface area contributed by atoms with Gasteiger partial charge < -0.3 is 15.8 Å². The summed E-state index contributed by atoms with van der Waals surface area (Å²) in [5.74, 6) is -1.38. The second kappa shape index (κ2) is 7.61. The number of rotatable bonds is 5. The summed E-state index contributed by atoms with van der Waals surface area (Å²) in [4.78, 5) is 36.1.